The molecule has 2 atom stereocenters. The summed E-state index contributed by atoms with van der Waals surface area (Å²) >= 11 is 0. The summed E-state index contributed by atoms with van der Waals surface area (Å²) in [5, 5.41) is 2.96. The molecule has 0 aliphatic heterocycles. The first-order valence-electron chi connectivity index (χ1n) is 11.8. The lowest BCUT2D eigenvalue weighted by atomic mass is 9.88. The third-order valence-electron chi connectivity index (χ3n) is 6.25. The van der Waals surface area contributed by atoms with Gasteiger partial charge < -0.3 is 10.2 Å². The molecule has 0 aromatic heterocycles. The highest BCUT2D eigenvalue weighted by molar-refractivity contribution is 5.88. The fraction of sp³-hybridized carbons (Fsp3) is 0.310. The van der Waals surface area contributed by atoms with E-state index in [1.807, 2.05) is 74.5 Å². The van der Waals surface area contributed by atoms with E-state index in [-0.39, 0.29) is 36.7 Å². The van der Waals surface area contributed by atoms with Crippen LogP contribution >= 0.6 is 0 Å². The zero-order valence-electron chi connectivity index (χ0n) is 20.1. The largest absolute Gasteiger partial charge is 0.352 e. The molecule has 0 unspecified atom stereocenters. The predicted molar refractivity (Wildman–Crippen MR) is 134 cm³/mol. The maximum absolute atomic E-state index is 14.5. The summed E-state index contributed by atoms with van der Waals surface area (Å²) in [6.07, 6.45) is 0.952. The number of nitrogens with zero attached hydrogens (tertiary/aromatic N) is 1. The van der Waals surface area contributed by atoms with E-state index in [0.717, 1.165) is 17.5 Å². The van der Waals surface area contributed by atoms with Gasteiger partial charge in [-0.05, 0) is 37.5 Å². The molecular weight excluding hydrogens is 427 g/mol. The van der Waals surface area contributed by atoms with Crippen molar-refractivity contribution in [3.8, 4) is 0 Å². The molecule has 0 saturated heterocycles. The summed E-state index contributed by atoms with van der Waals surface area (Å²) in [6, 6.07) is 25.3. The smallest absolute Gasteiger partial charge is 0.242 e. The van der Waals surface area contributed by atoms with Gasteiger partial charge in [-0.2, -0.15) is 0 Å². The van der Waals surface area contributed by atoms with Gasteiger partial charge >= 0.3 is 0 Å². The molecule has 0 heterocycles. The van der Waals surface area contributed by atoms with Crippen molar-refractivity contribution in [3.05, 3.63) is 107 Å². The van der Waals surface area contributed by atoms with Crippen molar-refractivity contribution < 1.29 is 14.0 Å². The van der Waals surface area contributed by atoms with Crippen molar-refractivity contribution in [3.63, 3.8) is 0 Å². The van der Waals surface area contributed by atoms with Gasteiger partial charge in [0.15, 0.2) is 0 Å². The molecule has 178 valence electrons. The number of halogens is 1. The summed E-state index contributed by atoms with van der Waals surface area (Å²) in [4.78, 5) is 28.2. The third-order valence-corrected chi connectivity index (χ3v) is 6.25. The lowest BCUT2D eigenvalue weighted by molar-refractivity contribution is -0.141. The molecule has 0 aliphatic rings. The maximum Gasteiger partial charge on any atom is 0.242 e. The number of carbonyl (C=O) groups is 2. The standard InChI is InChI=1S/C29H33FN2O2/c1-4-21(2)31-29(34)22(3)32(20-25-17-11-12-18-27(25)30)28(33)19-26(23-13-7-5-8-14-23)24-15-9-6-10-16-24/h5-18,21-22,26H,4,19-20H2,1-3H3,(H,31,34)/t21-,22-/m0/s1. The van der Waals surface area contributed by atoms with Gasteiger partial charge in [0.05, 0.1) is 0 Å². The predicted octanol–water partition coefficient (Wildman–Crippen LogP) is 5.68. The lowest BCUT2D eigenvalue weighted by Crippen LogP contribution is -2.49. The first-order chi connectivity index (χ1) is 16.4. The van der Waals surface area contributed by atoms with Crippen LogP contribution in [0, 0.1) is 5.82 Å². The van der Waals surface area contributed by atoms with Crippen LogP contribution in [0.15, 0.2) is 84.9 Å². The molecule has 3 rings (SSSR count). The zero-order valence-corrected chi connectivity index (χ0v) is 20.1. The molecule has 3 aromatic carbocycles. The number of amides is 2. The van der Waals surface area contributed by atoms with E-state index in [0.29, 0.717) is 5.56 Å². The number of rotatable bonds is 10. The minimum absolute atomic E-state index is 0.0123. The summed E-state index contributed by atoms with van der Waals surface area (Å²) in [5.41, 5.74) is 2.42. The van der Waals surface area contributed by atoms with Crippen molar-refractivity contribution in [2.24, 2.45) is 0 Å². The minimum Gasteiger partial charge on any atom is -0.352 e. The van der Waals surface area contributed by atoms with E-state index in [9.17, 15) is 14.0 Å². The molecule has 5 heteroatoms. The number of carbonyl (C=O) groups excluding carboxylic acids is 2. The molecule has 1 N–H and O–H groups in total. The molecule has 0 aliphatic carbocycles. The van der Waals surface area contributed by atoms with Crippen LogP contribution in [0.25, 0.3) is 0 Å². The molecule has 0 radical (unpaired) electrons. The Labute approximate surface area is 201 Å². The van der Waals surface area contributed by atoms with E-state index in [1.165, 1.54) is 11.0 Å². The molecule has 4 nitrogen and oxygen atoms in total. The number of nitrogens with one attached hydrogen (secondary N) is 1. The minimum atomic E-state index is -0.742. The van der Waals surface area contributed by atoms with E-state index >= 15 is 0 Å². The SMILES string of the molecule is CC[C@H](C)NC(=O)[C@H](C)N(Cc1ccccc1F)C(=O)CC(c1ccccc1)c1ccccc1. The van der Waals surface area contributed by atoms with E-state index in [2.05, 4.69) is 5.32 Å². The second-order valence-corrected chi connectivity index (χ2v) is 8.68. The molecule has 0 spiro atoms. The van der Waals surface area contributed by atoms with Gasteiger partial charge in [-0.1, -0.05) is 85.8 Å². The van der Waals surface area contributed by atoms with Gasteiger partial charge in [-0.15, -0.1) is 0 Å². The van der Waals surface area contributed by atoms with E-state index in [4.69, 9.17) is 0 Å². The topological polar surface area (TPSA) is 49.4 Å². The normalized spacial score (nSPS) is 12.7. The van der Waals surface area contributed by atoms with Crippen molar-refractivity contribution in [1.29, 1.82) is 0 Å². The Balaban J connectivity index is 1.92. The number of benzene rings is 3. The molecular formula is C29H33FN2O2. The number of hydrogen-bond acceptors (Lipinski definition) is 2. The average molecular weight is 461 g/mol. The fourth-order valence-electron chi connectivity index (χ4n) is 3.95. The lowest BCUT2D eigenvalue weighted by Gasteiger charge is -2.31. The van der Waals surface area contributed by atoms with Crippen molar-refractivity contribution in [1.82, 2.24) is 10.2 Å². The molecule has 0 fully saturated rings. The van der Waals surface area contributed by atoms with Crippen molar-refractivity contribution in [2.45, 2.75) is 58.2 Å². The third kappa shape index (κ3) is 6.53. The molecule has 34 heavy (non-hydrogen) atoms. The van der Waals surface area contributed by atoms with Gasteiger partial charge in [0.1, 0.15) is 11.9 Å². The molecule has 2 amide bonds. The van der Waals surface area contributed by atoms with Crippen LogP contribution in [0.2, 0.25) is 0 Å². The average Bonchev–Trinajstić information content (AvgIpc) is 2.87. The highest BCUT2D eigenvalue weighted by Crippen LogP contribution is 2.29. The Morgan fingerprint density at radius 2 is 1.38 bits per heavy atom. The summed E-state index contributed by atoms with van der Waals surface area (Å²) in [5.74, 6) is -1.01. The Bertz CT molecular complexity index is 1030. The summed E-state index contributed by atoms with van der Waals surface area (Å²) in [7, 11) is 0. The van der Waals surface area contributed by atoms with Gasteiger partial charge in [-0.3, -0.25) is 9.59 Å². The summed E-state index contributed by atoms with van der Waals surface area (Å²) in [6.45, 7) is 5.64. The van der Waals surface area contributed by atoms with E-state index < -0.39 is 11.9 Å². The Hall–Kier alpha value is -3.47. The Morgan fingerprint density at radius 1 is 0.853 bits per heavy atom. The Morgan fingerprint density at radius 3 is 1.91 bits per heavy atom. The monoisotopic (exact) mass is 460 g/mol. The zero-order chi connectivity index (χ0) is 24.5. The second kappa shape index (κ2) is 12.1. The van der Waals surface area contributed by atoms with Gasteiger partial charge in [0.2, 0.25) is 11.8 Å². The van der Waals surface area contributed by atoms with Gasteiger partial charge in [0, 0.05) is 30.5 Å². The first-order valence-corrected chi connectivity index (χ1v) is 11.8. The van der Waals surface area contributed by atoms with Crippen LogP contribution in [0.5, 0.6) is 0 Å². The molecule has 3 aromatic rings. The molecule has 0 saturated carbocycles. The van der Waals surface area contributed by atoms with Crippen LogP contribution in [0.3, 0.4) is 0 Å². The Kier molecular flexibility index (Phi) is 8.97. The second-order valence-electron chi connectivity index (χ2n) is 8.68. The van der Waals surface area contributed by atoms with Crippen molar-refractivity contribution >= 4 is 11.8 Å². The first kappa shape index (κ1) is 25.2. The van der Waals surface area contributed by atoms with Crippen molar-refractivity contribution in [2.75, 3.05) is 0 Å². The van der Waals surface area contributed by atoms with Crippen LogP contribution in [-0.4, -0.2) is 28.8 Å². The number of hydrogen-bond donors (Lipinski definition) is 1. The van der Waals surface area contributed by atoms with Crippen LogP contribution in [0.1, 0.15) is 56.2 Å². The quantitative estimate of drug-likeness (QED) is 0.423. The van der Waals surface area contributed by atoms with Crippen LogP contribution in [-0.2, 0) is 16.1 Å². The highest BCUT2D eigenvalue weighted by Gasteiger charge is 2.30. The molecule has 0 bridgehead atoms. The summed E-state index contributed by atoms with van der Waals surface area (Å²) < 4.78 is 14.5. The maximum atomic E-state index is 14.5. The van der Waals surface area contributed by atoms with Crippen LogP contribution in [0.4, 0.5) is 4.39 Å². The van der Waals surface area contributed by atoms with Gasteiger partial charge in [-0.25, -0.2) is 4.39 Å². The van der Waals surface area contributed by atoms with Gasteiger partial charge in [0.25, 0.3) is 0 Å². The fourth-order valence-corrected chi connectivity index (χ4v) is 3.95. The van der Waals surface area contributed by atoms with Crippen LogP contribution < -0.4 is 5.32 Å². The van der Waals surface area contributed by atoms with E-state index in [1.54, 1.807) is 25.1 Å². The highest BCUT2D eigenvalue weighted by atomic mass is 19.1.